The van der Waals surface area contributed by atoms with Crippen LogP contribution in [0.4, 0.5) is 0 Å². The zero-order valence-corrected chi connectivity index (χ0v) is 10.1. The molecule has 19 heavy (non-hydrogen) atoms. The highest BCUT2D eigenvalue weighted by molar-refractivity contribution is 5.88. The summed E-state index contributed by atoms with van der Waals surface area (Å²) in [4.78, 5) is 23.7. The van der Waals surface area contributed by atoms with E-state index in [0.717, 1.165) is 5.56 Å². The standard InChI is InChI=1S/C13H10N4O2/c1-8-12(13(18)19)17-7-15-10(5-11(17)16-8)9-3-2-4-14-6-9/h2-7H,1H3,(H,18,19). The summed E-state index contributed by atoms with van der Waals surface area (Å²) in [5.74, 6) is -1.01. The minimum atomic E-state index is -1.01. The summed E-state index contributed by atoms with van der Waals surface area (Å²) < 4.78 is 1.47. The van der Waals surface area contributed by atoms with E-state index < -0.39 is 5.97 Å². The molecule has 0 unspecified atom stereocenters. The molecule has 0 amide bonds. The molecule has 0 aliphatic heterocycles. The Morgan fingerprint density at radius 2 is 2.26 bits per heavy atom. The largest absolute Gasteiger partial charge is 0.477 e. The van der Waals surface area contributed by atoms with Crippen molar-refractivity contribution in [1.82, 2.24) is 19.4 Å². The van der Waals surface area contributed by atoms with Gasteiger partial charge in [0.25, 0.3) is 0 Å². The fourth-order valence-electron chi connectivity index (χ4n) is 2.00. The van der Waals surface area contributed by atoms with Gasteiger partial charge in [0.2, 0.25) is 0 Å². The second kappa shape index (κ2) is 4.16. The predicted octanol–water partition coefficient (Wildman–Crippen LogP) is 1.80. The maximum absolute atomic E-state index is 11.2. The van der Waals surface area contributed by atoms with E-state index in [1.54, 1.807) is 25.4 Å². The van der Waals surface area contributed by atoms with Gasteiger partial charge in [0.05, 0.1) is 11.4 Å². The highest BCUT2D eigenvalue weighted by Gasteiger charge is 2.16. The number of aromatic carboxylic acids is 1. The molecule has 0 bridgehead atoms. The third-order valence-corrected chi connectivity index (χ3v) is 2.85. The molecular weight excluding hydrogens is 244 g/mol. The summed E-state index contributed by atoms with van der Waals surface area (Å²) in [5, 5.41) is 9.14. The first kappa shape index (κ1) is 11.3. The van der Waals surface area contributed by atoms with Crippen molar-refractivity contribution in [2.24, 2.45) is 0 Å². The normalized spacial score (nSPS) is 10.8. The van der Waals surface area contributed by atoms with Crippen LogP contribution in [0, 0.1) is 6.92 Å². The number of nitrogens with zero attached hydrogens (tertiary/aromatic N) is 4. The second-order valence-electron chi connectivity index (χ2n) is 4.10. The van der Waals surface area contributed by atoms with Gasteiger partial charge >= 0.3 is 5.97 Å². The summed E-state index contributed by atoms with van der Waals surface area (Å²) >= 11 is 0. The summed E-state index contributed by atoms with van der Waals surface area (Å²) in [5.41, 5.74) is 2.74. The Balaban J connectivity index is 2.21. The minimum Gasteiger partial charge on any atom is -0.477 e. The molecule has 3 aromatic heterocycles. The van der Waals surface area contributed by atoms with Crippen molar-refractivity contribution in [3.05, 3.63) is 48.3 Å². The van der Waals surface area contributed by atoms with Crippen molar-refractivity contribution < 1.29 is 9.90 Å². The molecule has 0 aliphatic rings. The van der Waals surface area contributed by atoms with Crippen molar-refractivity contribution in [3.63, 3.8) is 0 Å². The lowest BCUT2D eigenvalue weighted by molar-refractivity contribution is 0.0688. The molecule has 0 fully saturated rings. The molecule has 0 saturated carbocycles. The van der Waals surface area contributed by atoms with Gasteiger partial charge in [-0.2, -0.15) is 0 Å². The average molecular weight is 254 g/mol. The van der Waals surface area contributed by atoms with Gasteiger partial charge in [0.1, 0.15) is 12.0 Å². The first-order valence-corrected chi connectivity index (χ1v) is 5.65. The van der Waals surface area contributed by atoms with E-state index in [1.165, 1.54) is 10.7 Å². The quantitative estimate of drug-likeness (QED) is 0.754. The molecule has 3 aromatic rings. The van der Waals surface area contributed by atoms with Crippen molar-refractivity contribution in [3.8, 4) is 11.3 Å². The molecule has 6 nitrogen and oxygen atoms in total. The van der Waals surface area contributed by atoms with Crippen LogP contribution in [0.25, 0.3) is 16.9 Å². The molecule has 0 aliphatic carbocycles. The molecule has 3 heterocycles. The van der Waals surface area contributed by atoms with Gasteiger partial charge in [0.15, 0.2) is 5.69 Å². The second-order valence-corrected chi connectivity index (χ2v) is 4.10. The number of hydrogen-bond acceptors (Lipinski definition) is 4. The van der Waals surface area contributed by atoms with E-state index in [4.69, 9.17) is 5.11 Å². The Morgan fingerprint density at radius 3 is 2.95 bits per heavy atom. The average Bonchev–Trinajstić information content (AvgIpc) is 2.74. The molecule has 0 saturated heterocycles. The number of carboxylic acids is 1. The molecule has 0 aromatic carbocycles. The first-order chi connectivity index (χ1) is 9.16. The Kier molecular flexibility index (Phi) is 2.49. The first-order valence-electron chi connectivity index (χ1n) is 5.65. The Hall–Kier alpha value is -2.76. The minimum absolute atomic E-state index is 0.139. The lowest BCUT2D eigenvalue weighted by atomic mass is 10.2. The summed E-state index contributed by atoms with van der Waals surface area (Å²) in [6.45, 7) is 1.67. The van der Waals surface area contributed by atoms with Gasteiger partial charge in [0, 0.05) is 24.0 Å². The monoisotopic (exact) mass is 254 g/mol. The van der Waals surface area contributed by atoms with Gasteiger partial charge in [-0.25, -0.2) is 14.8 Å². The number of pyridine rings is 1. The number of carboxylic acid groups (broad SMARTS) is 1. The van der Waals surface area contributed by atoms with Gasteiger partial charge in [-0.05, 0) is 19.1 Å². The zero-order valence-electron chi connectivity index (χ0n) is 10.1. The van der Waals surface area contributed by atoms with Crippen LogP contribution < -0.4 is 0 Å². The third kappa shape index (κ3) is 1.83. The number of carbonyl (C=O) groups is 1. The van der Waals surface area contributed by atoms with E-state index in [0.29, 0.717) is 17.0 Å². The van der Waals surface area contributed by atoms with Crippen molar-refractivity contribution in [1.29, 1.82) is 0 Å². The van der Waals surface area contributed by atoms with Gasteiger partial charge in [-0.3, -0.25) is 9.38 Å². The number of hydrogen-bond donors (Lipinski definition) is 1. The Bertz CT molecular complexity index is 765. The molecule has 0 spiro atoms. The number of aromatic nitrogens is 4. The van der Waals surface area contributed by atoms with Crippen molar-refractivity contribution in [2.45, 2.75) is 6.92 Å². The maximum atomic E-state index is 11.2. The van der Waals surface area contributed by atoms with Crippen molar-refractivity contribution in [2.75, 3.05) is 0 Å². The number of fused-ring (bicyclic) bond motifs is 1. The van der Waals surface area contributed by atoms with Crippen LogP contribution in [-0.2, 0) is 0 Å². The van der Waals surface area contributed by atoms with Crippen LogP contribution in [0.1, 0.15) is 16.2 Å². The number of imidazole rings is 1. The van der Waals surface area contributed by atoms with Crippen LogP contribution in [0.3, 0.4) is 0 Å². The summed E-state index contributed by atoms with van der Waals surface area (Å²) in [6.07, 6.45) is 4.86. The smallest absolute Gasteiger partial charge is 0.354 e. The Morgan fingerprint density at radius 1 is 1.42 bits per heavy atom. The van der Waals surface area contributed by atoms with Crippen LogP contribution in [0.15, 0.2) is 36.9 Å². The highest BCUT2D eigenvalue weighted by Crippen LogP contribution is 2.19. The van der Waals surface area contributed by atoms with Crippen LogP contribution >= 0.6 is 0 Å². The Labute approximate surface area is 108 Å². The molecule has 94 valence electrons. The fraction of sp³-hybridized carbons (Fsp3) is 0.0769. The molecule has 6 heteroatoms. The maximum Gasteiger partial charge on any atom is 0.354 e. The lowest BCUT2D eigenvalue weighted by Gasteiger charge is -2.01. The van der Waals surface area contributed by atoms with E-state index in [9.17, 15) is 4.79 Å². The van der Waals surface area contributed by atoms with E-state index in [1.807, 2.05) is 12.1 Å². The van der Waals surface area contributed by atoms with Crippen molar-refractivity contribution >= 4 is 11.6 Å². The summed E-state index contributed by atoms with van der Waals surface area (Å²) in [6, 6.07) is 5.46. The SMILES string of the molecule is Cc1nc2cc(-c3cccnc3)ncn2c1C(=O)O. The molecule has 1 N–H and O–H groups in total. The van der Waals surface area contributed by atoms with Gasteiger partial charge in [-0.1, -0.05) is 0 Å². The summed E-state index contributed by atoms with van der Waals surface area (Å²) in [7, 11) is 0. The molecular formula is C13H10N4O2. The molecule has 3 rings (SSSR count). The number of aryl methyl sites for hydroxylation is 1. The van der Waals surface area contributed by atoms with Gasteiger partial charge in [-0.15, -0.1) is 0 Å². The molecule has 0 atom stereocenters. The number of rotatable bonds is 2. The third-order valence-electron chi connectivity index (χ3n) is 2.85. The lowest BCUT2D eigenvalue weighted by Crippen LogP contribution is -2.04. The van der Waals surface area contributed by atoms with Crippen LogP contribution in [0.5, 0.6) is 0 Å². The predicted molar refractivity (Wildman–Crippen MR) is 67.9 cm³/mol. The topological polar surface area (TPSA) is 80.4 Å². The van der Waals surface area contributed by atoms with Crippen LogP contribution in [-0.4, -0.2) is 30.4 Å². The van der Waals surface area contributed by atoms with Crippen LogP contribution in [0.2, 0.25) is 0 Å². The zero-order chi connectivity index (χ0) is 13.4. The molecule has 0 radical (unpaired) electrons. The fourth-order valence-corrected chi connectivity index (χ4v) is 2.00. The van der Waals surface area contributed by atoms with E-state index in [-0.39, 0.29) is 5.69 Å². The van der Waals surface area contributed by atoms with E-state index in [2.05, 4.69) is 15.0 Å². The highest BCUT2D eigenvalue weighted by atomic mass is 16.4. The van der Waals surface area contributed by atoms with Gasteiger partial charge < -0.3 is 5.11 Å². The van der Waals surface area contributed by atoms with E-state index >= 15 is 0 Å².